The standard InChI is InChI=1S/C17H17ClFIN2O4/c18-12-7-10(20)1-2-13(12)22-14-5-9(19)6-15(16(14)17(21)25)26-4-3-11(24)8-23/h1-2,5-7,11,22-24H,3-4,8H2,(H2,21,25)/t11-/m1/s1. The van der Waals surface area contributed by atoms with Gasteiger partial charge < -0.3 is 26.0 Å². The Hall–Kier alpha value is -1.62. The van der Waals surface area contributed by atoms with E-state index in [1.54, 1.807) is 18.2 Å². The molecule has 0 heterocycles. The number of nitrogens with two attached hydrogens (primary N) is 1. The predicted octanol–water partition coefficient (Wildman–Crippen LogP) is 3.05. The lowest BCUT2D eigenvalue weighted by Gasteiger charge is -2.17. The molecule has 2 aromatic rings. The van der Waals surface area contributed by atoms with Crippen LogP contribution in [-0.4, -0.2) is 35.4 Å². The van der Waals surface area contributed by atoms with Crippen LogP contribution in [0.1, 0.15) is 16.8 Å². The number of aliphatic hydroxyl groups is 2. The smallest absolute Gasteiger partial charge is 0.254 e. The van der Waals surface area contributed by atoms with Gasteiger partial charge in [0.1, 0.15) is 17.1 Å². The first-order valence-corrected chi connectivity index (χ1v) is 9.04. The second kappa shape index (κ2) is 9.36. The third-order valence-electron chi connectivity index (χ3n) is 3.43. The molecule has 2 rings (SSSR count). The summed E-state index contributed by atoms with van der Waals surface area (Å²) in [7, 11) is 0. The summed E-state index contributed by atoms with van der Waals surface area (Å²) < 4.78 is 20.3. The number of carbonyl (C=O) groups excluding carboxylic acids is 1. The number of anilines is 2. The van der Waals surface area contributed by atoms with Crippen molar-refractivity contribution in [2.24, 2.45) is 5.73 Å². The van der Waals surface area contributed by atoms with E-state index in [4.69, 9.17) is 27.2 Å². The number of ether oxygens (including phenoxy) is 1. The van der Waals surface area contributed by atoms with E-state index in [-0.39, 0.29) is 30.0 Å². The molecule has 0 aliphatic carbocycles. The Labute approximate surface area is 168 Å². The number of carbonyl (C=O) groups is 1. The summed E-state index contributed by atoms with van der Waals surface area (Å²) in [5.74, 6) is -1.52. The third-order valence-corrected chi connectivity index (χ3v) is 4.42. The number of halogens is 3. The van der Waals surface area contributed by atoms with E-state index in [0.717, 1.165) is 15.7 Å². The van der Waals surface area contributed by atoms with Gasteiger partial charge in [-0.25, -0.2) is 4.39 Å². The van der Waals surface area contributed by atoms with Crippen molar-refractivity contribution in [1.82, 2.24) is 0 Å². The molecule has 2 aromatic carbocycles. The van der Waals surface area contributed by atoms with Gasteiger partial charge in [-0.2, -0.15) is 0 Å². The van der Waals surface area contributed by atoms with Gasteiger partial charge in [0.05, 0.1) is 35.7 Å². The molecule has 1 atom stereocenters. The second-order valence-electron chi connectivity index (χ2n) is 5.41. The third kappa shape index (κ3) is 5.44. The van der Waals surface area contributed by atoms with Crippen molar-refractivity contribution in [3.8, 4) is 5.75 Å². The van der Waals surface area contributed by atoms with Crippen molar-refractivity contribution in [1.29, 1.82) is 0 Å². The molecule has 0 spiro atoms. The number of aliphatic hydroxyl groups excluding tert-OH is 2. The topological polar surface area (TPSA) is 105 Å². The highest BCUT2D eigenvalue weighted by molar-refractivity contribution is 14.1. The zero-order chi connectivity index (χ0) is 19.3. The van der Waals surface area contributed by atoms with Gasteiger partial charge in [-0.15, -0.1) is 0 Å². The molecule has 1 amide bonds. The number of benzene rings is 2. The van der Waals surface area contributed by atoms with Crippen LogP contribution in [0, 0.1) is 9.39 Å². The summed E-state index contributed by atoms with van der Waals surface area (Å²) in [6, 6.07) is 7.35. The molecule has 5 N–H and O–H groups in total. The lowest BCUT2D eigenvalue weighted by Crippen LogP contribution is -2.19. The van der Waals surface area contributed by atoms with Crippen molar-refractivity contribution in [3.63, 3.8) is 0 Å². The van der Waals surface area contributed by atoms with Crippen LogP contribution < -0.4 is 15.8 Å². The Balaban J connectivity index is 2.34. The van der Waals surface area contributed by atoms with E-state index >= 15 is 0 Å². The second-order valence-corrected chi connectivity index (χ2v) is 7.07. The minimum atomic E-state index is -0.969. The fraction of sp³-hybridized carbons (Fsp3) is 0.235. The molecule has 0 aromatic heterocycles. The monoisotopic (exact) mass is 494 g/mol. The summed E-state index contributed by atoms with van der Waals surface area (Å²) in [5.41, 5.74) is 5.98. The number of nitrogens with one attached hydrogen (secondary N) is 1. The van der Waals surface area contributed by atoms with Crippen LogP contribution in [0.2, 0.25) is 5.02 Å². The molecule has 26 heavy (non-hydrogen) atoms. The Bertz CT molecular complexity index is 807. The number of amides is 1. The zero-order valence-corrected chi connectivity index (χ0v) is 16.4. The molecule has 0 aliphatic heterocycles. The van der Waals surface area contributed by atoms with Crippen molar-refractivity contribution in [2.45, 2.75) is 12.5 Å². The molecular formula is C17H17ClFIN2O4. The minimum absolute atomic E-state index is 0.0326. The van der Waals surface area contributed by atoms with Gasteiger partial charge in [-0.05, 0) is 46.9 Å². The molecule has 0 aliphatic rings. The van der Waals surface area contributed by atoms with Crippen LogP contribution >= 0.6 is 34.2 Å². The van der Waals surface area contributed by atoms with Crippen molar-refractivity contribution >= 4 is 51.5 Å². The first-order valence-electron chi connectivity index (χ1n) is 7.59. The largest absolute Gasteiger partial charge is 0.492 e. The molecule has 0 saturated carbocycles. The van der Waals surface area contributed by atoms with Crippen LogP contribution in [0.5, 0.6) is 5.75 Å². The quantitative estimate of drug-likeness (QED) is 0.422. The van der Waals surface area contributed by atoms with Gasteiger partial charge >= 0.3 is 0 Å². The number of hydrogen-bond donors (Lipinski definition) is 4. The predicted molar refractivity (Wildman–Crippen MR) is 106 cm³/mol. The summed E-state index contributed by atoms with van der Waals surface area (Å²) in [4.78, 5) is 11.9. The van der Waals surface area contributed by atoms with Gasteiger partial charge in [-0.3, -0.25) is 4.79 Å². The molecule has 0 bridgehead atoms. The van der Waals surface area contributed by atoms with Gasteiger partial charge in [0.2, 0.25) is 0 Å². The Morgan fingerprint density at radius 1 is 1.35 bits per heavy atom. The fourth-order valence-corrected chi connectivity index (χ4v) is 3.08. The van der Waals surface area contributed by atoms with E-state index in [2.05, 4.69) is 27.9 Å². The molecule has 9 heteroatoms. The number of rotatable bonds is 8. The van der Waals surface area contributed by atoms with Gasteiger partial charge in [0.25, 0.3) is 5.91 Å². The first-order chi connectivity index (χ1) is 12.3. The SMILES string of the molecule is NC(=O)c1c(Nc2ccc(I)cc2Cl)cc(F)cc1OCC[C@@H](O)CO. The van der Waals surface area contributed by atoms with Gasteiger partial charge in [0, 0.05) is 16.1 Å². The molecule has 0 radical (unpaired) electrons. The normalized spacial score (nSPS) is 11.9. The first kappa shape index (κ1) is 20.7. The van der Waals surface area contributed by atoms with Crippen LogP contribution in [0.15, 0.2) is 30.3 Å². The number of hydrogen-bond acceptors (Lipinski definition) is 5. The zero-order valence-electron chi connectivity index (χ0n) is 13.5. The van der Waals surface area contributed by atoms with Crippen molar-refractivity contribution in [2.75, 3.05) is 18.5 Å². The van der Waals surface area contributed by atoms with Crippen molar-refractivity contribution in [3.05, 3.63) is 50.3 Å². The molecule has 140 valence electrons. The molecule has 0 saturated heterocycles. The van der Waals surface area contributed by atoms with E-state index in [1.807, 2.05) is 0 Å². The summed E-state index contributed by atoms with van der Waals surface area (Å²) in [6.07, 6.45) is -0.861. The van der Waals surface area contributed by atoms with Crippen LogP contribution in [0.25, 0.3) is 0 Å². The molecule has 0 fully saturated rings. The lowest BCUT2D eigenvalue weighted by molar-refractivity contribution is 0.0751. The average molecular weight is 495 g/mol. The van der Waals surface area contributed by atoms with Crippen LogP contribution in [0.3, 0.4) is 0 Å². The average Bonchev–Trinajstić information content (AvgIpc) is 2.56. The Morgan fingerprint density at radius 2 is 2.08 bits per heavy atom. The van der Waals surface area contributed by atoms with Crippen molar-refractivity contribution < 1.29 is 24.1 Å². The van der Waals surface area contributed by atoms with Crippen LogP contribution in [-0.2, 0) is 0 Å². The van der Waals surface area contributed by atoms with E-state index < -0.39 is 24.4 Å². The maximum Gasteiger partial charge on any atom is 0.254 e. The Kier molecular flexibility index (Phi) is 7.44. The summed E-state index contributed by atoms with van der Waals surface area (Å²) >= 11 is 8.27. The summed E-state index contributed by atoms with van der Waals surface area (Å²) in [5, 5.41) is 21.4. The molecule has 0 unspecified atom stereocenters. The number of primary amides is 1. The lowest BCUT2D eigenvalue weighted by atomic mass is 10.1. The van der Waals surface area contributed by atoms with Crippen LogP contribution in [0.4, 0.5) is 15.8 Å². The van der Waals surface area contributed by atoms with E-state index in [9.17, 15) is 14.3 Å². The molecule has 6 nitrogen and oxygen atoms in total. The van der Waals surface area contributed by atoms with E-state index in [1.165, 1.54) is 0 Å². The fourth-order valence-electron chi connectivity index (χ4n) is 2.18. The Morgan fingerprint density at radius 3 is 2.69 bits per heavy atom. The summed E-state index contributed by atoms with van der Waals surface area (Å²) in [6.45, 7) is -0.456. The highest BCUT2D eigenvalue weighted by atomic mass is 127. The molecular weight excluding hydrogens is 478 g/mol. The highest BCUT2D eigenvalue weighted by Crippen LogP contribution is 2.33. The maximum absolute atomic E-state index is 14.0. The van der Waals surface area contributed by atoms with E-state index in [0.29, 0.717) is 10.7 Å². The maximum atomic E-state index is 14.0. The van der Waals surface area contributed by atoms with Gasteiger partial charge in [0.15, 0.2) is 0 Å². The van der Waals surface area contributed by atoms with Gasteiger partial charge in [-0.1, -0.05) is 11.6 Å². The highest BCUT2D eigenvalue weighted by Gasteiger charge is 2.19. The minimum Gasteiger partial charge on any atom is -0.492 e.